The summed E-state index contributed by atoms with van der Waals surface area (Å²) in [6.07, 6.45) is 1.55. The largest absolute Gasteiger partial charge is 0.693 e. The zero-order valence-corrected chi connectivity index (χ0v) is 33.8. The third-order valence-electron chi connectivity index (χ3n) is 10.9. The Hall–Kier alpha value is -7.23. The molecule has 2 aromatic heterocycles. The van der Waals surface area contributed by atoms with Gasteiger partial charge in [0.1, 0.15) is 17.3 Å². The fourth-order valence-electron chi connectivity index (χ4n) is 8.00. The van der Waals surface area contributed by atoms with Crippen LogP contribution in [0.4, 0.5) is 20.0 Å². The summed E-state index contributed by atoms with van der Waals surface area (Å²) < 4.78 is 44.1. The molecule has 8 aromatic rings. The van der Waals surface area contributed by atoms with Crippen LogP contribution >= 0.6 is 0 Å². The van der Waals surface area contributed by atoms with E-state index in [1.54, 1.807) is 6.08 Å². The Balaban J connectivity index is 1.31. The van der Waals surface area contributed by atoms with E-state index in [1.165, 1.54) is 0 Å². The number of halogens is 2. The van der Waals surface area contributed by atoms with E-state index < -0.39 is 7.11 Å². The Bertz CT molecular complexity index is 2770. The zero-order chi connectivity index (χ0) is 41.4. The predicted molar refractivity (Wildman–Crippen MR) is 243 cm³/mol. The van der Waals surface area contributed by atoms with E-state index in [1.807, 2.05) is 159 Å². The van der Waals surface area contributed by atoms with E-state index in [0.29, 0.717) is 11.4 Å². The molecule has 0 bridgehead atoms. The third-order valence-corrected chi connectivity index (χ3v) is 10.9. The molecule has 0 unspecified atom stereocenters. The summed E-state index contributed by atoms with van der Waals surface area (Å²) in [4.78, 5) is 11.3. The molecule has 9 heteroatoms. The second-order valence-corrected chi connectivity index (χ2v) is 15.2. The number of aromatic amines is 2. The highest BCUT2D eigenvalue weighted by atomic mass is 19.3. The molecule has 9 rings (SSSR count). The summed E-state index contributed by atoms with van der Waals surface area (Å²) in [6.45, 7) is 0. The molecule has 6 nitrogen and oxygen atoms in total. The van der Waals surface area contributed by atoms with E-state index in [0.717, 1.165) is 78.4 Å². The third kappa shape index (κ3) is 7.36. The number of anilines is 2. The van der Waals surface area contributed by atoms with Gasteiger partial charge in [0.05, 0.1) is 17.0 Å². The van der Waals surface area contributed by atoms with Gasteiger partial charge in [-0.25, -0.2) is 0 Å². The van der Waals surface area contributed by atoms with Crippen LogP contribution in [0.5, 0.6) is 0 Å². The number of hydrogen-bond acceptors (Lipinski definition) is 4. The van der Waals surface area contributed by atoms with E-state index in [9.17, 15) is 0 Å². The molecule has 0 radical (unpaired) electrons. The number of nitrogens with zero attached hydrogens (tertiary/aromatic N) is 2. The Morgan fingerprint density at radius 2 is 0.800 bits per heavy atom. The molecule has 1 aliphatic heterocycles. The lowest BCUT2D eigenvalue weighted by Crippen LogP contribution is -2.37. The number of aromatic nitrogens is 2. The molecule has 3 heterocycles. The molecule has 0 saturated heterocycles. The average molecular weight is 793 g/mol. The highest BCUT2D eigenvalue weighted by Gasteiger charge is 2.47. The average Bonchev–Trinajstić information content (AvgIpc) is 3.88. The summed E-state index contributed by atoms with van der Waals surface area (Å²) in [5.74, 6) is -0.0415. The van der Waals surface area contributed by atoms with Crippen molar-refractivity contribution in [3.8, 4) is 67.0 Å². The first-order valence-electron chi connectivity index (χ1n) is 19.9. The fraction of sp³-hybridized carbons (Fsp3) is 0.0784. The van der Waals surface area contributed by atoms with E-state index >= 15 is 8.63 Å². The number of hydrogen-bond donors (Lipinski definition) is 2. The van der Waals surface area contributed by atoms with Gasteiger partial charge in [0.15, 0.2) is 17.6 Å². The maximum atomic E-state index is 16.4. The van der Waals surface area contributed by atoms with Crippen LogP contribution in [-0.2, 0) is 9.31 Å². The van der Waals surface area contributed by atoms with Gasteiger partial charge in [-0.2, -0.15) is 0 Å². The summed E-state index contributed by atoms with van der Waals surface area (Å²) in [5.41, 5.74) is 12.9. The SMILES string of the molecule is CN(C)c1ccc(-c2c(-c3ccccc3)[nH]c(C3=C[C+](c4[nH]c(-c5ccccc5)c(-c5ccc(N(C)C)cc5)c4-c4ccccc4)O[B-](F)(F)O3)c2-c2ccccc2)cc1. The van der Waals surface area contributed by atoms with Gasteiger partial charge in [0, 0.05) is 56.3 Å². The van der Waals surface area contributed by atoms with Crippen molar-refractivity contribution in [3.05, 3.63) is 193 Å². The maximum absolute atomic E-state index is 16.4. The monoisotopic (exact) mass is 792 g/mol. The smallest absolute Gasteiger partial charge is 0.570 e. The normalized spacial score (nSPS) is 13.4. The summed E-state index contributed by atoms with van der Waals surface area (Å²) in [6, 6.07) is 56.0. The van der Waals surface area contributed by atoms with Crippen molar-refractivity contribution in [2.24, 2.45) is 0 Å². The van der Waals surface area contributed by atoms with Crippen LogP contribution in [0.25, 0.3) is 72.8 Å². The zero-order valence-electron chi connectivity index (χ0n) is 33.8. The van der Waals surface area contributed by atoms with Crippen molar-refractivity contribution in [3.63, 3.8) is 0 Å². The van der Waals surface area contributed by atoms with E-state index in [2.05, 4.69) is 58.5 Å². The Morgan fingerprint density at radius 1 is 0.433 bits per heavy atom. The lowest BCUT2D eigenvalue weighted by molar-refractivity contribution is 0.147. The standard InChI is InChI=1S/C51H43BF2N4O2/c1-57(2)40-29-25-36(26-30-40)44-46(34-17-9-5-10-18-34)50(55-48(44)38-21-13-7-14-22-38)42-33-43(60-52(53,54)59-42)51-47(35-19-11-6-12-20-35)45(37-27-31-41(32-28-37)58(3)4)49(56-51)39-23-15-8-16-24-39/h5-33,55-56H,1-4H3. The molecular formula is C51H43BF2N4O2. The van der Waals surface area contributed by atoms with Gasteiger partial charge in [-0.1, -0.05) is 133 Å². The van der Waals surface area contributed by atoms with E-state index in [4.69, 9.17) is 9.31 Å². The molecule has 296 valence electrons. The molecule has 0 aliphatic carbocycles. The molecule has 0 fully saturated rings. The fourth-order valence-corrected chi connectivity index (χ4v) is 8.00. The van der Waals surface area contributed by atoms with Crippen LogP contribution in [0.1, 0.15) is 11.4 Å². The van der Waals surface area contributed by atoms with Crippen molar-refractivity contribution in [2.45, 2.75) is 0 Å². The lowest BCUT2D eigenvalue weighted by atomic mass is 9.90. The number of H-pyrrole nitrogens is 2. The van der Waals surface area contributed by atoms with Gasteiger partial charge in [0.25, 0.3) is 0 Å². The molecule has 0 atom stereocenters. The van der Waals surface area contributed by atoms with Gasteiger partial charge < -0.3 is 37.7 Å². The maximum Gasteiger partial charge on any atom is 0.693 e. The van der Waals surface area contributed by atoms with Gasteiger partial charge in [0.2, 0.25) is 0 Å². The summed E-state index contributed by atoms with van der Waals surface area (Å²) in [7, 11) is 3.14. The number of nitrogens with one attached hydrogen (secondary N) is 2. The van der Waals surface area contributed by atoms with Crippen LogP contribution in [0, 0.1) is 6.10 Å². The minimum absolute atomic E-state index is 0.0415. The van der Waals surface area contributed by atoms with Crippen molar-refractivity contribution in [2.75, 3.05) is 38.0 Å². The van der Waals surface area contributed by atoms with Gasteiger partial charge in [-0.05, 0) is 64.2 Å². The second kappa shape index (κ2) is 15.8. The molecule has 1 aliphatic rings. The summed E-state index contributed by atoms with van der Waals surface area (Å²) >= 11 is 0. The molecule has 0 amide bonds. The minimum Gasteiger partial charge on any atom is -0.570 e. The first kappa shape index (κ1) is 38.3. The second-order valence-electron chi connectivity index (χ2n) is 15.2. The first-order chi connectivity index (χ1) is 29.1. The molecule has 0 saturated carbocycles. The highest BCUT2D eigenvalue weighted by Crippen LogP contribution is 2.50. The minimum atomic E-state index is -4.85. The Kier molecular flexibility index (Phi) is 10.1. The van der Waals surface area contributed by atoms with Crippen molar-refractivity contribution in [1.82, 2.24) is 9.97 Å². The Morgan fingerprint density at radius 3 is 1.25 bits per heavy atom. The predicted octanol–water partition coefficient (Wildman–Crippen LogP) is 12.8. The quantitative estimate of drug-likeness (QED) is 0.107. The van der Waals surface area contributed by atoms with Gasteiger partial charge in [-0.15, -0.1) is 0 Å². The first-order valence-corrected chi connectivity index (χ1v) is 19.9. The Labute approximate surface area is 349 Å². The highest BCUT2D eigenvalue weighted by molar-refractivity contribution is 6.53. The van der Waals surface area contributed by atoms with Gasteiger partial charge in [-0.3, -0.25) is 0 Å². The molecular weight excluding hydrogens is 749 g/mol. The molecule has 60 heavy (non-hydrogen) atoms. The van der Waals surface area contributed by atoms with Crippen molar-refractivity contribution >= 4 is 24.2 Å². The molecule has 6 aromatic carbocycles. The van der Waals surface area contributed by atoms with Crippen LogP contribution < -0.4 is 9.80 Å². The van der Waals surface area contributed by atoms with Crippen LogP contribution in [0.3, 0.4) is 0 Å². The van der Waals surface area contributed by atoms with Crippen molar-refractivity contribution in [1.29, 1.82) is 0 Å². The lowest BCUT2D eigenvalue weighted by Gasteiger charge is -2.30. The number of rotatable bonds is 10. The molecule has 2 N–H and O–H groups in total. The van der Waals surface area contributed by atoms with Crippen molar-refractivity contribution < 1.29 is 17.9 Å². The van der Waals surface area contributed by atoms with Crippen LogP contribution in [0.2, 0.25) is 0 Å². The van der Waals surface area contributed by atoms with E-state index in [-0.39, 0.29) is 11.9 Å². The molecule has 0 spiro atoms. The van der Waals surface area contributed by atoms with Crippen LogP contribution in [0.15, 0.2) is 176 Å². The number of benzene rings is 6. The van der Waals surface area contributed by atoms with Gasteiger partial charge >= 0.3 is 7.11 Å². The summed E-state index contributed by atoms with van der Waals surface area (Å²) in [5, 5.41) is 0. The van der Waals surface area contributed by atoms with Crippen LogP contribution in [-0.4, -0.2) is 45.3 Å². The topological polar surface area (TPSA) is 56.5 Å².